The second-order valence-electron chi connectivity index (χ2n) is 8.69. The van der Waals surface area contributed by atoms with Gasteiger partial charge in [0.15, 0.2) is 0 Å². The summed E-state index contributed by atoms with van der Waals surface area (Å²) in [4.78, 5) is 44.6. The zero-order chi connectivity index (χ0) is 28.1. The first-order valence-corrected chi connectivity index (χ1v) is 13.0. The third-order valence-corrected chi connectivity index (χ3v) is 7.30. The van der Waals surface area contributed by atoms with E-state index in [9.17, 15) is 24.7 Å². The molecule has 1 unspecified atom stereocenters. The number of likely N-dealkylation sites (N-methyl/N-ethyl adjacent to an activating group) is 1. The van der Waals surface area contributed by atoms with Crippen molar-refractivity contribution in [2.45, 2.75) is 25.7 Å². The maximum atomic E-state index is 13.4. The predicted molar refractivity (Wildman–Crippen MR) is 144 cm³/mol. The van der Waals surface area contributed by atoms with Crippen molar-refractivity contribution in [1.82, 2.24) is 20.0 Å². The molecule has 0 bridgehead atoms. The number of pyridine rings is 1. The van der Waals surface area contributed by atoms with Gasteiger partial charge in [-0.3, -0.25) is 19.2 Å². The Hall–Kier alpha value is -3.52. The quantitative estimate of drug-likeness (QED) is 0.232. The number of aliphatic hydroxyl groups is 1. The van der Waals surface area contributed by atoms with Gasteiger partial charge in [-0.1, -0.05) is 23.7 Å². The van der Waals surface area contributed by atoms with Crippen LogP contribution in [0.1, 0.15) is 32.7 Å². The fourth-order valence-electron chi connectivity index (χ4n) is 3.83. The summed E-state index contributed by atoms with van der Waals surface area (Å²) < 4.78 is 6.91. The number of hydrogen-bond donors (Lipinski definition) is 3. The molecule has 0 aliphatic rings. The van der Waals surface area contributed by atoms with Gasteiger partial charge in [-0.2, -0.15) is 5.06 Å². The minimum Gasteiger partial charge on any atom is -0.467 e. The predicted octanol–water partition coefficient (Wildman–Crippen LogP) is 3.18. The topological polar surface area (TPSA) is 137 Å². The Morgan fingerprint density at radius 2 is 2.00 bits per heavy atom. The number of thiophene rings is 1. The molecule has 2 amide bonds. The third-order valence-electron chi connectivity index (χ3n) is 5.94. The number of carbonyl (C=O) groups is 2. The Morgan fingerprint density at radius 3 is 2.67 bits per heavy atom. The number of amides is 2. The van der Waals surface area contributed by atoms with Crippen LogP contribution < -0.4 is 10.7 Å². The summed E-state index contributed by atoms with van der Waals surface area (Å²) in [6, 6.07) is 11.8. The molecule has 0 radical (unpaired) electrons. The Labute approximate surface area is 232 Å². The van der Waals surface area contributed by atoms with E-state index in [1.54, 1.807) is 42.5 Å². The van der Waals surface area contributed by atoms with Crippen molar-refractivity contribution in [3.63, 3.8) is 0 Å². The highest BCUT2D eigenvalue weighted by Crippen LogP contribution is 2.26. The molecule has 39 heavy (non-hydrogen) atoms. The Balaban J connectivity index is 1.61. The number of benzene rings is 1. The van der Waals surface area contributed by atoms with Crippen molar-refractivity contribution in [2.75, 3.05) is 20.7 Å². The van der Waals surface area contributed by atoms with Gasteiger partial charge < -0.3 is 24.6 Å². The monoisotopic (exact) mass is 574 g/mol. The number of nitrogens with one attached hydrogen (secondary N) is 1. The number of fused-ring (bicyclic) bond motifs is 1. The number of rotatable bonds is 11. The van der Waals surface area contributed by atoms with E-state index in [2.05, 4.69) is 5.32 Å². The highest BCUT2D eigenvalue weighted by atomic mass is 35.5. The van der Waals surface area contributed by atoms with Gasteiger partial charge in [-0.05, 0) is 35.9 Å². The second kappa shape index (κ2) is 12.6. The largest absolute Gasteiger partial charge is 0.467 e. The summed E-state index contributed by atoms with van der Waals surface area (Å²) in [5.74, 6) is -0.702. The summed E-state index contributed by atoms with van der Waals surface area (Å²) in [7, 11) is 2.80. The summed E-state index contributed by atoms with van der Waals surface area (Å²) >= 11 is 7.00. The fraction of sp³-hybridized carbons (Fsp3) is 0.269. The van der Waals surface area contributed by atoms with Crippen molar-refractivity contribution in [3.8, 4) is 0 Å². The molecule has 11 nitrogen and oxygen atoms in total. The van der Waals surface area contributed by atoms with Crippen LogP contribution in [0.3, 0.4) is 0 Å². The normalized spacial score (nSPS) is 12.2. The molecule has 0 saturated carbocycles. The van der Waals surface area contributed by atoms with Gasteiger partial charge in [0.2, 0.25) is 5.43 Å². The molecule has 13 heteroatoms. The molecule has 4 rings (SSSR count). The minimum atomic E-state index is -1.06. The van der Waals surface area contributed by atoms with Crippen LogP contribution in [0.25, 0.3) is 10.2 Å². The first-order valence-electron chi connectivity index (χ1n) is 11.8. The van der Waals surface area contributed by atoms with Crippen LogP contribution in [0.4, 0.5) is 0 Å². The summed E-state index contributed by atoms with van der Waals surface area (Å²) in [6.45, 7) is -0.178. The Morgan fingerprint density at radius 1 is 1.26 bits per heavy atom. The maximum absolute atomic E-state index is 13.4. The van der Waals surface area contributed by atoms with E-state index < -0.39 is 23.3 Å². The SMILES string of the molecule is CON(C)C(=O)Cn1cc(C(=O)NCc2ccc(Cl)cc2)c(=O)c2sc(CN(O)CC(O)c3ccco3)cc21. The number of hydrogen-bond acceptors (Lipinski definition) is 9. The summed E-state index contributed by atoms with van der Waals surface area (Å²) in [6.07, 6.45) is 1.71. The van der Waals surface area contributed by atoms with E-state index in [1.165, 1.54) is 31.2 Å². The lowest BCUT2D eigenvalue weighted by atomic mass is 10.2. The lowest BCUT2D eigenvalue weighted by molar-refractivity contribution is -0.169. The lowest BCUT2D eigenvalue weighted by Crippen LogP contribution is -2.32. The van der Waals surface area contributed by atoms with Gasteiger partial charge >= 0.3 is 0 Å². The summed E-state index contributed by atoms with van der Waals surface area (Å²) in [5, 5.41) is 25.9. The van der Waals surface area contributed by atoms with E-state index in [1.807, 2.05) is 0 Å². The molecule has 1 aromatic carbocycles. The highest BCUT2D eigenvalue weighted by molar-refractivity contribution is 7.19. The van der Waals surface area contributed by atoms with Crippen LogP contribution >= 0.6 is 22.9 Å². The van der Waals surface area contributed by atoms with E-state index in [4.69, 9.17) is 20.9 Å². The van der Waals surface area contributed by atoms with Crippen LogP contribution in [0, 0.1) is 0 Å². The number of aliphatic hydroxyl groups excluding tert-OH is 1. The number of aromatic nitrogens is 1. The van der Waals surface area contributed by atoms with Crippen LogP contribution in [-0.4, -0.2) is 57.5 Å². The molecule has 0 spiro atoms. The second-order valence-corrected chi connectivity index (χ2v) is 10.3. The smallest absolute Gasteiger partial charge is 0.265 e. The van der Waals surface area contributed by atoms with Crippen LogP contribution in [0.5, 0.6) is 0 Å². The van der Waals surface area contributed by atoms with Crippen molar-refractivity contribution >= 4 is 45.0 Å². The van der Waals surface area contributed by atoms with Crippen LogP contribution in [0.2, 0.25) is 5.02 Å². The molecule has 0 saturated heterocycles. The highest BCUT2D eigenvalue weighted by Gasteiger charge is 2.21. The molecular weight excluding hydrogens is 548 g/mol. The summed E-state index contributed by atoms with van der Waals surface area (Å²) in [5.41, 5.74) is 0.585. The number of carbonyl (C=O) groups excluding carboxylic acids is 2. The number of nitrogens with zero attached hydrogens (tertiary/aromatic N) is 3. The van der Waals surface area contributed by atoms with Crippen LogP contribution in [-0.2, 0) is 29.3 Å². The van der Waals surface area contributed by atoms with E-state index >= 15 is 0 Å². The van der Waals surface area contributed by atoms with Gasteiger partial charge in [-0.25, -0.2) is 5.06 Å². The fourth-order valence-corrected chi connectivity index (χ4v) is 5.08. The molecule has 0 aliphatic heterocycles. The Bertz CT molecular complexity index is 1500. The van der Waals surface area contributed by atoms with Gasteiger partial charge in [-0.15, -0.1) is 11.3 Å². The van der Waals surface area contributed by atoms with E-state index in [0.29, 0.717) is 21.2 Å². The first-order chi connectivity index (χ1) is 18.7. The molecule has 3 aromatic heterocycles. The van der Waals surface area contributed by atoms with Crippen LogP contribution in [0.15, 0.2) is 64.1 Å². The third kappa shape index (κ3) is 6.92. The van der Waals surface area contributed by atoms with E-state index in [0.717, 1.165) is 27.0 Å². The standard InChI is InChI=1S/C26H27ClN4O7S/c1-29(37-2)23(33)15-30-13-19(26(35)28-11-16-5-7-17(27)8-6-16)24(34)25-20(30)10-18(39-25)12-31(36)14-21(32)22-4-3-9-38-22/h3-10,13,21,32,36H,11-12,14-15H2,1-2H3,(H,28,35). The molecule has 3 N–H and O–H groups in total. The lowest BCUT2D eigenvalue weighted by Gasteiger charge is -2.17. The number of furan rings is 1. The van der Waals surface area contributed by atoms with Gasteiger partial charge in [0, 0.05) is 29.7 Å². The molecule has 206 valence electrons. The molecule has 4 aromatic rings. The zero-order valence-electron chi connectivity index (χ0n) is 21.2. The van der Waals surface area contributed by atoms with Gasteiger partial charge in [0.25, 0.3) is 11.8 Å². The maximum Gasteiger partial charge on any atom is 0.265 e. The molecule has 1 atom stereocenters. The van der Waals surface area contributed by atoms with E-state index in [-0.39, 0.29) is 36.4 Å². The molecule has 3 heterocycles. The Kier molecular flexibility index (Phi) is 9.17. The molecule has 0 fully saturated rings. The molecular formula is C26H27ClN4O7S. The first kappa shape index (κ1) is 28.5. The van der Waals surface area contributed by atoms with Crippen molar-refractivity contribution in [3.05, 3.63) is 91.9 Å². The average Bonchev–Trinajstić information content (AvgIpc) is 3.60. The average molecular weight is 575 g/mol. The number of hydroxylamine groups is 4. The number of halogens is 1. The zero-order valence-corrected chi connectivity index (χ0v) is 22.7. The van der Waals surface area contributed by atoms with Gasteiger partial charge in [0.1, 0.15) is 24.0 Å². The minimum absolute atomic E-state index is 0.0133. The van der Waals surface area contributed by atoms with Crippen molar-refractivity contribution < 1.29 is 29.2 Å². The molecule has 0 aliphatic carbocycles. The van der Waals surface area contributed by atoms with Gasteiger partial charge in [0.05, 0.1) is 36.7 Å². The van der Waals surface area contributed by atoms with Crippen molar-refractivity contribution in [2.24, 2.45) is 0 Å². The van der Waals surface area contributed by atoms with Crippen molar-refractivity contribution in [1.29, 1.82) is 0 Å².